The summed E-state index contributed by atoms with van der Waals surface area (Å²) in [6.07, 6.45) is 8.36. The highest BCUT2D eigenvalue weighted by atomic mass is 16.7. The van der Waals surface area contributed by atoms with Gasteiger partial charge in [0.1, 0.15) is 11.4 Å². The molecule has 3 aliphatic rings. The number of nitrogens with one attached hydrogen (secondary N) is 1. The molecule has 2 fully saturated rings. The van der Waals surface area contributed by atoms with E-state index in [1.165, 1.54) is 5.56 Å². The number of fused-ring (bicyclic) bond motifs is 1. The summed E-state index contributed by atoms with van der Waals surface area (Å²) in [6.45, 7) is 2.76. The first-order chi connectivity index (χ1) is 20.2. The van der Waals surface area contributed by atoms with E-state index in [9.17, 15) is 0 Å². The Morgan fingerprint density at radius 2 is 1.80 bits per heavy atom. The van der Waals surface area contributed by atoms with Crippen LogP contribution in [0.1, 0.15) is 48.8 Å². The highest BCUT2D eigenvalue weighted by molar-refractivity contribution is 6.10. The number of aromatic nitrogens is 3. The number of hydrogen-bond acceptors (Lipinski definition) is 8. The summed E-state index contributed by atoms with van der Waals surface area (Å²) in [5.74, 6) is 0.836. The molecular weight excluding hydrogens is 518 g/mol. The van der Waals surface area contributed by atoms with Crippen LogP contribution in [0.15, 0.2) is 72.1 Å². The molecule has 0 unspecified atom stereocenters. The zero-order valence-corrected chi connectivity index (χ0v) is 23.3. The number of hydrogen-bond donors (Lipinski definition) is 1. The fourth-order valence-corrected chi connectivity index (χ4v) is 6.03. The molecule has 7 rings (SSSR count). The highest BCUT2D eigenvalue weighted by Gasteiger charge is 2.51. The summed E-state index contributed by atoms with van der Waals surface area (Å²) in [6, 6.07) is 18.7. The number of benzene rings is 2. The van der Waals surface area contributed by atoms with Crippen LogP contribution in [0.5, 0.6) is 5.75 Å². The minimum atomic E-state index is -0.292. The van der Waals surface area contributed by atoms with Gasteiger partial charge in [-0.25, -0.2) is 9.67 Å². The molecule has 0 atom stereocenters. The molecule has 41 heavy (non-hydrogen) atoms. The maximum Gasteiger partial charge on any atom is 0.160 e. The normalized spacial score (nSPS) is 22.4. The average molecular weight is 554 g/mol. The number of oxime groups is 1. The molecule has 9 nitrogen and oxygen atoms in total. The lowest BCUT2D eigenvalue weighted by Crippen LogP contribution is -2.48. The Kier molecular flexibility index (Phi) is 7.06. The van der Waals surface area contributed by atoms with E-state index < -0.39 is 0 Å². The van der Waals surface area contributed by atoms with Crippen molar-refractivity contribution in [3.05, 3.63) is 83.7 Å². The van der Waals surface area contributed by atoms with Crippen molar-refractivity contribution < 1.29 is 19.0 Å². The summed E-state index contributed by atoms with van der Waals surface area (Å²) in [4.78, 5) is 11.0. The van der Waals surface area contributed by atoms with Gasteiger partial charge in [0.25, 0.3) is 0 Å². The van der Waals surface area contributed by atoms with Gasteiger partial charge in [-0.15, -0.1) is 0 Å². The molecule has 1 saturated heterocycles. The van der Waals surface area contributed by atoms with Crippen molar-refractivity contribution in [2.45, 2.75) is 63.0 Å². The molecule has 2 aromatic heterocycles. The standard InChI is InChI=1S/C32H35N5O4/c1-38-25-9-7-22(8-10-25)20-37-31-28(19-34-37)30(35-24-11-13-39-14-12-24)27(18-33-31)29-17-32(41-36-29)15-26(16-32)40-21-23-5-3-2-4-6-23/h2-10,18-19,24,26H,11-17,20-21H2,1H3,(H,33,35). The molecule has 1 aliphatic carbocycles. The molecule has 0 radical (unpaired) electrons. The van der Waals surface area contributed by atoms with Gasteiger partial charge in [0.15, 0.2) is 5.65 Å². The Hall–Kier alpha value is -3.95. The molecule has 1 N–H and O–H groups in total. The number of rotatable bonds is 9. The Morgan fingerprint density at radius 1 is 1.00 bits per heavy atom. The third-order valence-electron chi connectivity index (χ3n) is 8.41. The van der Waals surface area contributed by atoms with Gasteiger partial charge in [-0.1, -0.05) is 47.6 Å². The van der Waals surface area contributed by atoms with Gasteiger partial charge >= 0.3 is 0 Å². The van der Waals surface area contributed by atoms with Crippen LogP contribution in [0.2, 0.25) is 0 Å². The van der Waals surface area contributed by atoms with Crippen molar-refractivity contribution >= 4 is 22.4 Å². The number of nitrogens with zero attached hydrogens (tertiary/aromatic N) is 4. The molecular formula is C32H35N5O4. The quantitative estimate of drug-likeness (QED) is 0.300. The van der Waals surface area contributed by atoms with Gasteiger partial charge in [-0.05, 0) is 36.1 Å². The van der Waals surface area contributed by atoms with Crippen molar-refractivity contribution in [3.63, 3.8) is 0 Å². The topological polar surface area (TPSA) is 92.0 Å². The highest BCUT2D eigenvalue weighted by Crippen LogP contribution is 2.46. The first-order valence-corrected chi connectivity index (χ1v) is 14.4. The molecule has 4 aromatic rings. The predicted molar refractivity (Wildman–Crippen MR) is 156 cm³/mol. The van der Waals surface area contributed by atoms with Crippen LogP contribution in [-0.4, -0.2) is 58.5 Å². The number of pyridine rings is 1. The minimum Gasteiger partial charge on any atom is -0.497 e. The van der Waals surface area contributed by atoms with Crippen LogP contribution in [0.3, 0.4) is 0 Å². The van der Waals surface area contributed by atoms with Crippen LogP contribution < -0.4 is 10.1 Å². The van der Waals surface area contributed by atoms with E-state index in [0.717, 1.165) is 84.6 Å². The van der Waals surface area contributed by atoms with E-state index >= 15 is 0 Å². The van der Waals surface area contributed by atoms with Gasteiger partial charge in [0.2, 0.25) is 0 Å². The molecule has 0 amide bonds. The molecule has 1 saturated carbocycles. The lowest BCUT2D eigenvalue weighted by Gasteiger charge is -2.42. The second-order valence-corrected chi connectivity index (χ2v) is 11.3. The van der Waals surface area contributed by atoms with Gasteiger partial charge in [0.05, 0.1) is 49.3 Å². The molecule has 4 heterocycles. The van der Waals surface area contributed by atoms with Gasteiger partial charge in [-0.2, -0.15) is 5.10 Å². The lowest BCUT2D eigenvalue weighted by molar-refractivity contribution is -0.161. The number of anilines is 1. The summed E-state index contributed by atoms with van der Waals surface area (Å²) in [7, 11) is 1.68. The average Bonchev–Trinajstić information content (AvgIpc) is 3.63. The van der Waals surface area contributed by atoms with Crippen LogP contribution in [-0.2, 0) is 27.5 Å². The summed E-state index contributed by atoms with van der Waals surface area (Å²) in [5.41, 5.74) is 5.81. The Bertz CT molecular complexity index is 1520. The number of ether oxygens (including phenoxy) is 3. The SMILES string of the molecule is COc1ccc(Cn2ncc3c(NC4CCOCC4)c(C4=NOC5(C4)CC(OCc4ccccc4)C5)cnc32)cc1. The van der Waals surface area contributed by atoms with Crippen LogP contribution in [0, 0.1) is 0 Å². The summed E-state index contributed by atoms with van der Waals surface area (Å²) < 4.78 is 19.0. The fourth-order valence-electron chi connectivity index (χ4n) is 6.03. The van der Waals surface area contributed by atoms with Crippen molar-refractivity contribution in [1.82, 2.24) is 14.8 Å². The smallest absolute Gasteiger partial charge is 0.160 e. The van der Waals surface area contributed by atoms with Crippen molar-refractivity contribution in [2.24, 2.45) is 5.16 Å². The molecule has 2 aliphatic heterocycles. The predicted octanol–water partition coefficient (Wildman–Crippen LogP) is 5.32. The van der Waals surface area contributed by atoms with Crippen molar-refractivity contribution in [1.29, 1.82) is 0 Å². The molecule has 0 bridgehead atoms. The number of methoxy groups -OCH3 is 1. The maximum atomic E-state index is 6.15. The van der Waals surface area contributed by atoms with E-state index in [1.54, 1.807) is 7.11 Å². The van der Waals surface area contributed by atoms with E-state index in [-0.39, 0.29) is 11.7 Å². The molecule has 9 heteroatoms. The van der Waals surface area contributed by atoms with E-state index in [4.69, 9.17) is 29.1 Å². The van der Waals surface area contributed by atoms with E-state index in [2.05, 4.69) is 34.7 Å². The summed E-state index contributed by atoms with van der Waals surface area (Å²) >= 11 is 0. The zero-order valence-electron chi connectivity index (χ0n) is 23.3. The molecule has 212 valence electrons. The van der Waals surface area contributed by atoms with E-state index in [0.29, 0.717) is 19.2 Å². The molecule has 2 aromatic carbocycles. The van der Waals surface area contributed by atoms with Crippen molar-refractivity contribution in [3.8, 4) is 5.75 Å². The van der Waals surface area contributed by atoms with Gasteiger partial charge < -0.3 is 24.4 Å². The Balaban J connectivity index is 1.10. The molecule has 1 spiro atoms. The van der Waals surface area contributed by atoms with Gasteiger partial charge in [-0.3, -0.25) is 0 Å². The Labute approximate surface area is 239 Å². The van der Waals surface area contributed by atoms with Crippen molar-refractivity contribution in [2.75, 3.05) is 25.6 Å². The van der Waals surface area contributed by atoms with Crippen LogP contribution >= 0.6 is 0 Å². The second kappa shape index (κ2) is 11.1. The van der Waals surface area contributed by atoms with Crippen LogP contribution in [0.4, 0.5) is 5.69 Å². The van der Waals surface area contributed by atoms with Crippen LogP contribution in [0.25, 0.3) is 11.0 Å². The first-order valence-electron chi connectivity index (χ1n) is 14.4. The second-order valence-electron chi connectivity index (χ2n) is 11.3. The third-order valence-corrected chi connectivity index (χ3v) is 8.41. The third kappa shape index (κ3) is 5.39. The van der Waals surface area contributed by atoms with E-state index in [1.807, 2.05) is 47.4 Å². The minimum absolute atomic E-state index is 0.182. The maximum absolute atomic E-state index is 6.15. The fraction of sp³-hybridized carbons (Fsp3) is 0.406. The monoisotopic (exact) mass is 553 g/mol. The largest absolute Gasteiger partial charge is 0.497 e. The Morgan fingerprint density at radius 3 is 2.59 bits per heavy atom. The zero-order chi connectivity index (χ0) is 27.6. The summed E-state index contributed by atoms with van der Waals surface area (Å²) in [5, 5.41) is 14.2. The van der Waals surface area contributed by atoms with Gasteiger partial charge in [0, 0.05) is 50.3 Å². The lowest BCUT2D eigenvalue weighted by atomic mass is 9.74. The first kappa shape index (κ1) is 26.0.